The number of carbonyl (C=O) groups excluding carboxylic acids is 1. The zero-order valence-electron chi connectivity index (χ0n) is 16.8. The van der Waals surface area contributed by atoms with Crippen molar-refractivity contribution in [2.24, 2.45) is 10.5 Å². The highest BCUT2D eigenvalue weighted by atomic mass is 35.5. The fourth-order valence-electron chi connectivity index (χ4n) is 3.70. The second-order valence-corrected chi connectivity index (χ2v) is 8.15. The van der Waals surface area contributed by atoms with Crippen LogP contribution in [-0.2, 0) is 17.8 Å². The van der Waals surface area contributed by atoms with E-state index < -0.39 is 10.3 Å². The largest absolute Gasteiger partial charge is 0.272 e. The number of hydrogen-bond acceptors (Lipinski definition) is 5. The highest BCUT2D eigenvalue weighted by Crippen LogP contribution is 2.36. The van der Waals surface area contributed by atoms with Crippen LogP contribution in [0.5, 0.6) is 0 Å². The number of fused-ring (bicyclic) bond motifs is 1. The van der Waals surface area contributed by atoms with Crippen molar-refractivity contribution in [3.8, 4) is 0 Å². The van der Waals surface area contributed by atoms with Gasteiger partial charge in [0, 0.05) is 23.9 Å². The number of hydrogen-bond donors (Lipinski definition) is 0. The van der Waals surface area contributed by atoms with E-state index in [0.29, 0.717) is 22.7 Å². The van der Waals surface area contributed by atoms with E-state index in [1.54, 1.807) is 28.9 Å². The molecule has 0 saturated carbocycles. The van der Waals surface area contributed by atoms with E-state index in [2.05, 4.69) is 10.2 Å². The van der Waals surface area contributed by atoms with Crippen molar-refractivity contribution in [1.82, 2.24) is 14.6 Å². The molecule has 0 radical (unpaired) electrons. The number of nitro groups is 1. The molecule has 154 valence electrons. The molecule has 0 atom stereocenters. The zero-order chi connectivity index (χ0) is 21.6. The third kappa shape index (κ3) is 3.23. The van der Waals surface area contributed by atoms with Gasteiger partial charge in [0.15, 0.2) is 0 Å². The van der Waals surface area contributed by atoms with Crippen molar-refractivity contribution in [2.45, 2.75) is 33.7 Å². The molecular weight excluding hydrogens is 406 g/mol. The number of nitro benzene ring substituents is 1. The Bertz CT molecular complexity index is 1210. The number of pyridine rings is 1. The van der Waals surface area contributed by atoms with E-state index in [4.69, 9.17) is 11.6 Å². The number of amides is 1. The van der Waals surface area contributed by atoms with Crippen molar-refractivity contribution in [3.05, 3.63) is 74.6 Å². The first-order chi connectivity index (χ1) is 14.2. The smallest absolute Gasteiger partial charge is 0.269 e. The van der Waals surface area contributed by atoms with E-state index in [9.17, 15) is 14.9 Å². The monoisotopic (exact) mass is 425 g/mol. The van der Waals surface area contributed by atoms with Crippen LogP contribution >= 0.6 is 11.6 Å². The maximum Gasteiger partial charge on any atom is 0.269 e. The Morgan fingerprint density at radius 2 is 2.00 bits per heavy atom. The van der Waals surface area contributed by atoms with Crippen LogP contribution in [0.25, 0.3) is 5.52 Å². The third-order valence-electron chi connectivity index (χ3n) is 5.27. The van der Waals surface area contributed by atoms with Gasteiger partial charge in [-0.25, -0.2) is 9.52 Å². The van der Waals surface area contributed by atoms with Crippen LogP contribution in [0.1, 0.15) is 37.6 Å². The summed E-state index contributed by atoms with van der Waals surface area (Å²) in [6, 6.07) is 9.89. The van der Waals surface area contributed by atoms with Crippen LogP contribution in [0.4, 0.5) is 5.69 Å². The van der Waals surface area contributed by atoms with Gasteiger partial charge in [0.2, 0.25) is 0 Å². The standard InChI is InChI=1S/C21H20ClN5O3/c1-4-16-18(17-9-8-14(22)12-25(17)23-16)19-21(2,3)20(28)26(24-19)11-13-6-5-7-15(10-13)27(29)30/h5-10,12H,4,11H2,1-3H3. The Morgan fingerprint density at radius 3 is 2.70 bits per heavy atom. The zero-order valence-corrected chi connectivity index (χ0v) is 17.6. The minimum atomic E-state index is -0.867. The summed E-state index contributed by atoms with van der Waals surface area (Å²) in [7, 11) is 0. The first-order valence-electron chi connectivity index (χ1n) is 9.54. The molecule has 0 N–H and O–H groups in total. The summed E-state index contributed by atoms with van der Waals surface area (Å²) in [6.07, 6.45) is 2.40. The first-order valence-corrected chi connectivity index (χ1v) is 9.91. The molecule has 3 heterocycles. The summed E-state index contributed by atoms with van der Waals surface area (Å²) < 4.78 is 1.71. The van der Waals surface area contributed by atoms with Crippen molar-refractivity contribution < 1.29 is 9.72 Å². The Kier molecular flexibility index (Phi) is 4.82. The minimum Gasteiger partial charge on any atom is -0.272 e. The van der Waals surface area contributed by atoms with Gasteiger partial charge in [-0.1, -0.05) is 30.7 Å². The SMILES string of the molecule is CCc1nn2cc(Cl)ccc2c1C1=NN(Cc2cccc([N+](=O)[O-])c2)C(=O)C1(C)C. The quantitative estimate of drug-likeness (QED) is 0.451. The molecule has 1 aromatic carbocycles. The second kappa shape index (κ2) is 7.21. The highest BCUT2D eigenvalue weighted by Gasteiger charge is 2.45. The average molecular weight is 426 g/mol. The molecule has 9 heteroatoms. The van der Waals surface area contributed by atoms with Gasteiger partial charge in [0.25, 0.3) is 11.6 Å². The molecule has 0 spiro atoms. The molecule has 0 unspecified atom stereocenters. The van der Waals surface area contributed by atoms with Gasteiger partial charge in [-0.15, -0.1) is 0 Å². The number of rotatable bonds is 5. The summed E-state index contributed by atoms with van der Waals surface area (Å²) >= 11 is 6.11. The first kappa shape index (κ1) is 20.0. The van der Waals surface area contributed by atoms with E-state index in [0.717, 1.165) is 16.8 Å². The molecular formula is C21H20ClN5O3. The van der Waals surface area contributed by atoms with Gasteiger partial charge in [0.05, 0.1) is 38.8 Å². The maximum atomic E-state index is 13.2. The molecule has 3 aromatic rings. The summed E-state index contributed by atoms with van der Waals surface area (Å²) in [5.74, 6) is -0.167. The third-order valence-corrected chi connectivity index (χ3v) is 5.50. The molecule has 1 aliphatic rings. The molecule has 30 heavy (non-hydrogen) atoms. The fraction of sp³-hybridized carbons (Fsp3) is 0.286. The molecule has 0 aliphatic carbocycles. The van der Waals surface area contributed by atoms with Crippen LogP contribution in [-0.4, -0.2) is 31.2 Å². The van der Waals surface area contributed by atoms with Crippen LogP contribution in [0, 0.1) is 15.5 Å². The number of benzene rings is 1. The van der Waals surface area contributed by atoms with Gasteiger partial charge < -0.3 is 0 Å². The molecule has 1 aliphatic heterocycles. The van der Waals surface area contributed by atoms with Crippen LogP contribution in [0.15, 0.2) is 47.7 Å². The maximum absolute atomic E-state index is 13.2. The molecule has 0 bridgehead atoms. The lowest BCUT2D eigenvalue weighted by molar-refractivity contribution is -0.384. The molecule has 1 amide bonds. The number of aromatic nitrogens is 2. The average Bonchev–Trinajstić information content (AvgIpc) is 3.17. The Balaban J connectivity index is 1.79. The Morgan fingerprint density at radius 1 is 1.23 bits per heavy atom. The molecule has 0 saturated heterocycles. The van der Waals surface area contributed by atoms with Crippen LogP contribution in [0.2, 0.25) is 5.02 Å². The number of carbonyl (C=O) groups is 1. The second-order valence-electron chi connectivity index (χ2n) is 7.72. The highest BCUT2D eigenvalue weighted by molar-refractivity contribution is 6.30. The van der Waals surface area contributed by atoms with Gasteiger partial charge in [-0.2, -0.15) is 10.2 Å². The van der Waals surface area contributed by atoms with Gasteiger partial charge in [-0.3, -0.25) is 14.9 Å². The van der Waals surface area contributed by atoms with Crippen molar-refractivity contribution >= 4 is 34.4 Å². The summed E-state index contributed by atoms with van der Waals surface area (Å²) in [4.78, 5) is 23.8. The van der Waals surface area contributed by atoms with Crippen molar-refractivity contribution in [1.29, 1.82) is 0 Å². The van der Waals surface area contributed by atoms with Crippen LogP contribution < -0.4 is 0 Å². The molecule has 0 fully saturated rings. The summed E-state index contributed by atoms with van der Waals surface area (Å²) in [6.45, 7) is 5.82. The lowest BCUT2D eigenvalue weighted by atomic mass is 9.82. The minimum absolute atomic E-state index is 0.0182. The predicted octanol–water partition coefficient (Wildman–Crippen LogP) is 4.23. The predicted molar refractivity (Wildman–Crippen MR) is 114 cm³/mol. The normalized spacial score (nSPS) is 15.7. The van der Waals surface area contributed by atoms with Crippen molar-refractivity contribution in [3.63, 3.8) is 0 Å². The van der Waals surface area contributed by atoms with Crippen LogP contribution in [0.3, 0.4) is 0 Å². The molecule has 2 aromatic heterocycles. The lowest BCUT2D eigenvalue weighted by Gasteiger charge is -2.19. The lowest BCUT2D eigenvalue weighted by Crippen LogP contribution is -2.35. The topological polar surface area (TPSA) is 93.1 Å². The molecule has 4 rings (SSSR count). The Labute approximate surface area is 177 Å². The number of non-ortho nitro benzene ring substituents is 1. The van der Waals surface area contributed by atoms with Gasteiger partial charge in [-0.05, 0) is 38.0 Å². The summed E-state index contributed by atoms with van der Waals surface area (Å²) in [5.41, 5.74) is 2.87. The fourth-order valence-corrected chi connectivity index (χ4v) is 3.86. The number of hydrazone groups is 1. The molecule has 8 nitrogen and oxygen atoms in total. The van der Waals surface area contributed by atoms with Crippen molar-refractivity contribution in [2.75, 3.05) is 0 Å². The van der Waals surface area contributed by atoms with Gasteiger partial charge in [0.1, 0.15) is 0 Å². The summed E-state index contributed by atoms with van der Waals surface area (Å²) in [5, 5.41) is 22.3. The van der Waals surface area contributed by atoms with Gasteiger partial charge >= 0.3 is 0 Å². The number of aryl methyl sites for hydroxylation is 1. The van der Waals surface area contributed by atoms with E-state index in [-0.39, 0.29) is 18.1 Å². The van der Waals surface area contributed by atoms with E-state index in [1.807, 2.05) is 26.8 Å². The van der Waals surface area contributed by atoms with E-state index >= 15 is 0 Å². The Hall–Kier alpha value is -3.26. The number of nitrogens with zero attached hydrogens (tertiary/aromatic N) is 5. The number of halogens is 1. The van der Waals surface area contributed by atoms with E-state index in [1.165, 1.54) is 17.1 Å².